The number of benzene rings is 1. The van der Waals surface area contributed by atoms with Crippen molar-refractivity contribution in [1.29, 1.82) is 0 Å². The van der Waals surface area contributed by atoms with Crippen molar-refractivity contribution in [3.8, 4) is 0 Å². The van der Waals surface area contributed by atoms with Gasteiger partial charge in [0.2, 0.25) is 0 Å². The number of carbonyl (C=O) groups is 1. The number of rotatable bonds is 2. The smallest absolute Gasteiger partial charge is 0.416 e. The van der Waals surface area contributed by atoms with E-state index in [9.17, 15) is 27.5 Å². The van der Waals surface area contributed by atoms with Gasteiger partial charge in [0.1, 0.15) is 5.82 Å². The van der Waals surface area contributed by atoms with Gasteiger partial charge in [-0.1, -0.05) is 6.08 Å². The second-order valence-corrected chi connectivity index (χ2v) is 2.92. The lowest BCUT2D eigenvalue weighted by atomic mass is 10.1. The number of aliphatic carboxylic acids is 1. The van der Waals surface area contributed by atoms with Crippen LogP contribution in [-0.2, 0) is 11.0 Å². The number of hydrogen-bond donors (Lipinski definition) is 0. The average molecular weight is 233 g/mol. The fourth-order valence-corrected chi connectivity index (χ4v) is 1.04. The molecule has 0 aromatic heterocycles. The van der Waals surface area contributed by atoms with Crippen molar-refractivity contribution >= 4 is 12.0 Å². The quantitative estimate of drug-likeness (QED) is 0.575. The highest BCUT2D eigenvalue weighted by molar-refractivity contribution is 5.83. The molecule has 1 rings (SSSR count). The summed E-state index contributed by atoms with van der Waals surface area (Å²) >= 11 is 0. The third kappa shape index (κ3) is 3.38. The van der Waals surface area contributed by atoms with Crippen LogP contribution in [0.3, 0.4) is 0 Å². The zero-order chi connectivity index (χ0) is 12.3. The second-order valence-electron chi connectivity index (χ2n) is 2.92. The zero-order valence-electron chi connectivity index (χ0n) is 7.72. The fraction of sp³-hybridized carbons (Fsp3) is 0.100. The Morgan fingerprint density at radius 1 is 1.25 bits per heavy atom. The Morgan fingerprint density at radius 2 is 1.88 bits per heavy atom. The summed E-state index contributed by atoms with van der Waals surface area (Å²) < 4.78 is 49.5. The second kappa shape index (κ2) is 4.34. The summed E-state index contributed by atoms with van der Waals surface area (Å²) in [5.74, 6) is -2.66. The van der Waals surface area contributed by atoms with Crippen LogP contribution in [0.4, 0.5) is 17.6 Å². The Balaban J connectivity index is 3.13. The molecule has 0 aliphatic carbocycles. The summed E-state index contributed by atoms with van der Waals surface area (Å²) in [6.07, 6.45) is -3.32. The van der Waals surface area contributed by atoms with Crippen LogP contribution in [0, 0.1) is 5.82 Å². The lowest BCUT2D eigenvalue weighted by molar-refractivity contribution is -0.297. The molecule has 0 bridgehead atoms. The zero-order valence-corrected chi connectivity index (χ0v) is 7.72. The Labute approximate surface area is 87.8 Å². The molecular weight excluding hydrogens is 228 g/mol. The van der Waals surface area contributed by atoms with Crippen LogP contribution >= 0.6 is 0 Å². The number of alkyl halides is 3. The molecule has 86 valence electrons. The highest BCUT2D eigenvalue weighted by Gasteiger charge is 2.31. The molecule has 0 saturated carbocycles. The molecule has 0 radical (unpaired) electrons. The van der Waals surface area contributed by atoms with Crippen molar-refractivity contribution in [3.63, 3.8) is 0 Å². The van der Waals surface area contributed by atoms with Crippen LogP contribution in [0.2, 0.25) is 0 Å². The molecule has 0 N–H and O–H groups in total. The fourth-order valence-electron chi connectivity index (χ4n) is 1.04. The van der Waals surface area contributed by atoms with Crippen molar-refractivity contribution in [3.05, 3.63) is 41.2 Å². The topological polar surface area (TPSA) is 40.1 Å². The third-order valence-electron chi connectivity index (χ3n) is 1.66. The average Bonchev–Trinajstić information content (AvgIpc) is 2.12. The van der Waals surface area contributed by atoms with Crippen molar-refractivity contribution < 1.29 is 27.5 Å². The van der Waals surface area contributed by atoms with Crippen LogP contribution in [0.1, 0.15) is 11.1 Å². The molecule has 0 aliphatic heterocycles. The van der Waals surface area contributed by atoms with E-state index in [0.29, 0.717) is 18.2 Å². The van der Waals surface area contributed by atoms with Crippen LogP contribution in [0.5, 0.6) is 0 Å². The van der Waals surface area contributed by atoms with Gasteiger partial charge in [-0.05, 0) is 29.8 Å². The van der Waals surface area contributed by atoms with Crippen LogP contribution in [-0.4, -0.2) is 5.97 Å². The Hall–Kier alpha value is -1.85. The Kier molecular flexibility index (Phi) is 3.31. The van der Waals surface area contributed by atoms with Crippen molar-refractivity contribution in [2.24, 2.45) is 0 Å². The third-order valence-corrected chi connectivity index (χ3v) is 1.66. The first kappa shape index (κ1) is 12.2. The van der Waals surface area contributed by atoms with Gasteiger partial charge in [0, 0.05) is 0 Å². The van der Waals surface area contributed by atoms with Crippen LogP contribution < -0.4 is 5.11 Å². The van der Waals surface area contributed by atoms with Gasteiger partial charge >= 0.3 is 6.18 Å². The number of carboxylic acids is 1. The number of carbonyl (C=O) groups excluding carboxylic acids is 1. The highest BCUT2D eigenvalue weighted by Crippen LogP contribution is 2.30. The molecule has 1 aromatic rings. The normalized spacial score (nSPS) is 12.0. The lowest BCUT2D eigenvalue weighted by Crippen LogP contribution is -2.18. The van der Waals surface area contributed by atoms with Crippen LogP contribution in [0.25, 0.3) is 6.08 Å². The number of carboxylic acid groups (broad SMARTS) is 1. The first-order valence-electron chi connectivity index (χ1n) is 4.06. The van der Waals surface area contributed by atoms with Gasteiger partial charge in [-0.3, -0.25) is 0 Å². The summed E-state index contributed by atoms with van der Waals surface area (Å²) in [4.78, 5) is 10.0. The van der Waals surface area contributed by atoms with Gasteiger partial charge in [-0.2, -0.15) is 13.2 Å². The summed E-state index contributed by atoms with van der Waals surface area (Å²) in [6.45, 7) is 0. The van der Waals surface area contributed by atoms with Crippen molar-refractivity contribution in [2.45, 2.75) is 6.18 Å². The number of hydrogen-bond acceptors (Lipinski definition) is 2. The molecular formula is C10H5F4O2-. The summed E-state index contributed by atoms with van der Waals surface area (Å²) in [7, 11) is 0. The monoisotopic (exact) mass is 233 g/mol. The van der Waals surface area contributed by atoms with Gasteiger partial charge in [-0.25, -0.2) is 4.39 Å². The van der Waals surface area contributed by atoms with Gasteiger partial charge in [0.15, 0.2) is 0 Å². The van der Waals surface area contributed by atoms with Crippen LogP contribution in [0.15, 0.2) is 24.3 Å². The maximum Gasteiger partial charge on any atom is 0.416 e. The summed E-state index contributed by atoms with van der Waals surface area (Å²) in [5, 5.41) is 10.0. The molecule has 0 saturated heterocycles. The standard InChI is InChI=1S/C10H6F4O2/c11-8-4-6(1-2-9(15)16)3-7(5-8)10(12,13)14/h1-5H,(H,15,16)/p-1/b2-1+. The van der Waals surface area contributed by atoms with E-state index in [1.807, 2.05) is 0 Å². The largest absolute Gasteiger partial charge is 0.545 e. The van der Waals surface area contributed by atoms with Gasteiger partial charge in [0.05, 0.1) is 11.5 Å². The molecule has 16 heavy (non-hydrogen) atoms. The van der Waals surface area contributed by atoms with Crippen molar-refractivity contribution in [2.75, 3.05) is 0 Å². The van der Waals surface area contributed by atoms with E-state index in [1.54, 1.807) is 0 Å². The van der Waals surface area contributed by atoms with Gasteiger partial charge in [0.25, 0.3) is 0 Å². The van der Waals surface area contributed by atoms with E-state index in [1.165, 1.54) is 0 Å². The number of halogens is 4. The molecule has 0 unspecified atom stereocenters. The molecule has 2 nitrogen and oxygen atoms in total. The lowest BCUT2D eigenvalue weighted by Gasteiger charge is -2.07. The van der Waals surface area contributed by atoms with E-state index in [4.69, 9.17) is 0 Å². The molecule has 0 heterocycles. The predicted octanol–water partition coefficient (Wildman–Crippen LogP) is 1.61. The predicted molar refractivity (Wildman–Crippen MR) is 45.4 cm³/mol. The molecule has 1 aromatic carbocycles. The van der Waals surface area contributed by atoms with E-state index >= 15 is 0 Å². The summed E-state index contributed by atoms with van der Waals surface area (Å²) in [5.41, 5.74) is -1.37. The van der Waals surface area contributed by atoms with Gasteiger partial charge < -0.3 is 9.90 Å². The molecule has 0 atom stereocenters. The summed E-state index contributed by atoms with van der Waals surface area (Å²) in [6, 6.07) is 1.76. The highest BCUT2D eigenvalue weighted by atomic mass is 19.4. The molecule has 0 amide bonds. The van der Waals surface area contributed by atoms with E-state index in [2.05, 4.69) is 0 Å². The molecule has 0 spiro atoms. The van der Waals surface area contributed by atoms with Gasteiger partial charge in [-0.15, -0.1) is 0 Å². The first-order chi connectivity index (χ1) is 7.29. The maximum absolute atomic E-state index is 12.8. The Morgan fingerprint density at radius 3 is 2.38 bits per heavy atom. The minimum Gasteiger partial charge on any atom is -0.545 e. The minimum atomic E-state index is -4.67. The SMILES string of the molecule is O=C([O-])/C=C/c1cc(F)cc(C(F)(F)F)c1. The molecule has 6 heteroatoms. The van der Waals surface area contributed by atoms with Crippen molar-refractivity contribution in [1.82, 2.24) is 0 Å². The molecule has 0 aliphatic rings. The minimum absolute atomic E-state index is 0.198. The maximum atomic E-state index is 12.8. The van der Waals surface area contributed by atoms with E-state index < -0.39 is 23.5 Å². The van der Waals surface area contributed by atoms with E-state index in [-0.39, 0.29) is 5.56 Å². The molecule has 0 fully saturated rings. The van der Waals surface area contributed by atoms with E-state index in [0.717, 1.165) is 12.1 Å². The first-order valence-corrected chi connectivity index (χ1v) is 4.06. The Bertz CT molecular complexity index is 435.